The highest BCUT2D eigenvalue weighted by Gasteiger charge is 2.38. The molecule has 0 aromatic rings. The monoisotopic (exact) mass is 227 g/mol. The average Bonchev–Trinajstić information content (AvgIpc) is 2.54. The molecule has 1 heterocycles. The van der Waals surface area contributed by atoms with Gasteiger partial charge in [-0.25, -0.2) is 4.79 Å². The van der Waals surface area contributed by atoms with E-state index >= 15 is 0 Å². The van der Waals surface area contributed by atoms with Gasteiger partial charge in [0.1, 0.15) is 0 Å². The number of rotatable bonds is 0. The second-order valence-corrected chi connectivity index (χ2v) is 2.88. The van der Waals surface area contributed by atoms with Crippen molar-refractivity contribution in [3.05, 3.63) is 0 Å². The second-order valence-electron chi connectivity index (χ2n) is 2.88. The van der Waals surface area contributed by atoms with Crippen molar-refractivity contribution in [3.8, 4) is 0 Å². The lowest BCUT2D eigenvalue weighted by molar-refractivity contribution is -0.192. The van der Waals surface area contributed by atoms with Crippen LogP contribution in [-0.4, -0.2) is 41.2 Å². The zero-order valence-corrected chi connectivity index (χ0v) is 7.84. The minimum absolute atomic E-state index is 0.225. The number of likely N-dealkylation sites (tertiary alicyclic amines) is 1. The quantitative estimate of drug-likeness (QED) is 0.417. The molecule has 15 heavy (non-hydrogen) atoms. The minimum Gasteiger partial charge on any atom is -0.475 e. The maximum absolute atomic E-state index is 10.6. The van der Waals surface area contributed by atoms with Gasteiger partial charge in [-0.3, -0.25) is 5.41 Å². The first-order valence-corrected chi connectivity index (χ1v) is 4.14. The number of hydrogen-bond donors (Lipinski definition) is 3. The smallest absolute Gasteiger partial charge is 0.475 e. The Kier molecular flexibility index (Phi) is 4.89. The fourth-order valence-corrected chi connectivity index (χ4v) is 0.958. The van der Waals surface area contributed by atoms with Gasteiger partial charge in [0.25, 0.3) is 0 Å². The normalized spacial score (nSPS) is 15.5. The van der Waals surface area contributed by atoms with Gasteiger partial charge in [0.05, 0.1) is 0 Å². The molecule has 5 nitrogen and oxygen atoms in total. The van der Waals surface area contributed by atoms with Crippen LogP contribution in [0, 0.1) is 5.41 Å². The van der Waals surface area contributed by atoms with Crippen molar-refractivity contribution in [1.82, 2.24) is 4.90 Å². The summed E-state index contributed by atoms with van der Waals surface area (Å²) in [5, 5.41) is 14.1. The van der Waals surface area contributed by atoms with Gasteiger partial charge < -0.3 is 15.7 Å². The Balaban J connectivity index is 0.000000265. The van der Waals surface area contributed by atoms with Crippen LogP contribution in [0.5, 0.6) is 0 Å². The van der Waals surface area contributed by atoms with E-state index < -0.39 is 12.1 Å². The Morgan fingerprint density at radius 2 is 1.67 bits per heavy atom. The summed E-state index contributed by atoms with van der Waals surface area (Å²) < 4.78 is 31.7. The van der Waals surface area contributed by atoms with Crippen molar-refractivity contribution in [3.63, 3.8) is 0 Å². The molecule has 1 fully saturated rings. The highest BCUT2D eigenvalue weighted by Crippen LogP contribution is 2.13. The number of halogens is 3. The molecule has 0 spiro atoms. The first kappa shape index (κ1) is 13.5. The minimum atomic E-state index is -5.08. The maximum Gasteiger partial charge on any atom is 0.490 e. The van der Waals surface area contributed by atoms with Crippen molar-refractivity contribution >= 4 is 11.9 Å². The topological polar surface area (TPSA) is 90.4 Å². The molecule has 8 heteroatoms. The van der Waals surface area contributed by atoms with Crippen molar-refractivity contribution in [2.75, 3.05) is 13.1 Å². The van der Waals surface area contributed by atoms with Crippen molar-refractivity contribution in [2.24, 2.45) is 5.73 Å². The van der Waals surface area contributed by atoms with Crippen LogP contribution in [-0.2, 0) is 4.79 Å². The molecule has 88 valence electrons. The zero-order valence-electron chi connectivity index (χ0n) is 7.84. The van der Waals surface area contributed by atoms with Crippen LogP contribution in [0.3, 0.4) is 0 Å². The Morgan fingerprint density at radius 1 is 1.33 bits per heavy atom. The molecule has 1 aliphatic rings. The Morgan fingerprint density at radius 3 is 1.80 bits per heavy atom. The van der Waals surface area contributed by atoms with Gasteiger partial charge in [0.2, 0.25) is 0 Å². The molecule has 0 saturated carbocycles. The third-order valence-electron chi connectivity index (χ3n) is 1.69. The number of carbonyl (C=O) groups is 1. The number of hydrogen-bond acceptors (Lipinski definition) is 2. The highest BCUT2D eigenvalue weighted by atomic mass is 19.4. The average molecular weight is 227 g/mol. The van der Waals surface area contributed by atoms with Crippen molar-refractivity contribution in [2.45, 2.75) is 19.0 Å². The lowest BCUT2D eigenvalue weighted by atomic mass is 10.4. The molecule has 1 saturated heterocycles. The summed E-state index contributed by atoms with van der Waals surface area (Å²) in [5.74, 6) is -2.53. The Labute approximate surface area is 84.2 Å². The van der Waals surface area contributed by atoms with E-state index in [9.17, 15) is 13.2 Å². The summed E-state index contributed by atoms with van der Waals surface area (Å²) in [4.78, 5) is 10.8. The summed E-state index contributed by atoms with van der Waals surface area (Å²) >= 11 is 0. The van der Waals surface area contributed by atoms with E-state index in [1.165, 1.54) is 12.8 Å². The van der Waals surface area contributed by atoms with Gasteiger partial charge in [0.15, 0.2) is 5.96 Å². The molecule has 0 aromatic heterocycles. The first-order chi connectivity index (χ1) is 6.75. The predicted molar refractivity (Wildman–Crippen MR) is 46.4 cm³/mol. The van der Waals surface area contributed by atoms with E-state index in [0.29, 0.717) is 0 Å². The van der Waals surface area contributed by atoms with Gasteiger partial charge in [0, 0.05) is 13.1 Å². The number of aliphatic carboxylic acids is 1. The summed E-state index contributed by atoms with van der Waals surface area (Å²) in [7, 11) is 0. The standard InChI is InChI=1S/C5H11N3.C2HF3O2/c6-5(7)8-3-1-2-4-8;3-2(4,5)1(6)7/h1-4H2,(H3,6,7);(H,6,7). The summed E-state index contributed by atoms with van der Waals surface area (Å²) in [5.41, 5.74) is 5.21. The van der Waals surface area contributed by atoms with Crippen molar-refractivity contribution < 1.29 is 23.1 Å². The largest absolute Gasteiger partial charge is 0.490 e. The highest BCUT2D eigenvalue weighted by molar-refractivity contribution is 5.74. The predicted octanol–water partition coefficient (Wildman–Crippen LogP) is 0.609. The molecular formula is C7H12F3N3O2. The van der Waals surface area contributed by atoms with Crippen LogP contribution >= 0.6 is 0 Å². The molecule has 0 amide bonds. The molecule has 1 aliphatic heterocycles. The van der Waals surface area contributed by atoms with Crippen LogP contribution in [0.25, 0.3) is 0 Å². The third kappa shape index (κ3) is 5.76. The van der Waals surface area contributed by atoms with Crippen LogP contribution in [0.1, 0.15) is 12.8 Å². The molecule has 0 unspecified atom stereocenters. The van der Waals surface area contributed by atoms with E-state index in [1.807, 2.05) is 4.90 Å². The Bertz CT molecular complexity index is 236. The van der Waals surface area contributed by atoms with E-state index in [2.05, 4.69) is 0 Å². The van der Waals surface area contributed by atoms with Gasteiger partial charge in [-0.15, -0.1) is 0 Å². The van der Waals surface area contributed by atoms with Gasteiger partial charge >= 0.3 is 12.1 Å². The van der Waals surface area contributed by atoms with Gasteiger partial charge in [-0.05, 0) is 12.8 Å². The van der Waals surface area contributed by atoms with E-state index in [1.54, 1.807) is 0 Å². The second kappa shape index (κ2) is 5.42. The Hall–Kier alpha value is -1.47. The number of nitrogens with one attached hydrogen (secondary N) is 1. The van der Waals surface area contributed by atoms with Crippen molar-refractivity contribution in [1.29, 1.82) is 5.41 Å². The van der Waals surface area contributed by atoms with Crippen LogP contribution in [0.15, 0.2) is 0 Å². The number of carboxylic acids is 1. The third-order valence-corrected chi connectivity index (χ3v) is 1.69. The SMILES string of the molecule is N=C(N)N1CCCC1.O=C(O)C(F)(F)F. The summed E-state index contributed by atoms with van der Waals surface area (Å²) in [6, 6.07) is 0. The van der Waals surface area contributed by atoms with Crippen LogP contribution < -0.4 is 5.73 Å². The fraction of sp³-hybridized carbons (Fsp3) is 0.714. The fourth-order valence-electron chi connectivity index (χ4n) is 0.958. The lowest BCUT2D eigenvalue weighted by Crippen LogP contribution is -2.33. The molecule has 1 rings (SSSR count). The number of carboxylic acid groups (broad SMARTS) is 1. The molecule has 0 atom stereocenters. The molecule has 0 aromatic carbocycles. The van der Waals surface area contributed by atoms with Gasteiger partial charge in [-0.2, -0.15) is 13.2 Å². The molecule has 0 radical (unpaired) electrons. The summed E-state index contributed by atoms with van der Waals surface area (Å²) in [6.07, 6.45) is -2.70. The number of guanidine groups is 1. The molecule has 4 N–H and O–H groups in total. The number of alkyl halides is 3. The summed E-state index contributed by atoms with van der Waals surface area (Å²) in [6.45, 7) is 1.96. The van der Waals surface area contributed by atoms with Crippen LogP contribution in [0.4, 0.5) is 13.2 Å². The first-order valence-electron chi connectivity index (χ1n) is 4.14. The van der Waals surface area contributed by atoms with E-state index in [-0.39, 0.29) is 5.96 Å². The number of nitrogens with two attached hydrogens (primary N) is 1. The van der Waals surface area contributed by atoms with E-state index in [4.69, 9.17) is 21.0 Å². The van der Waals surface area contributed by atoms with E-state index in [0.717, 1.165) is 13.1 Å². The maximum atomic E-state index is 10.6. The zero-order chi connectivity index (χ0) is 12.1. The molecule has 0 bridgehead atoms. The molecular weight excluding hydrogens is 215 g/mol. The lowest BCUT2D eigenvalue weighted by Gasteiger charge is -2.12. The van der Waals surface area contributed by atoms with Crippen LogP contribution in [0.2, 0.25) is 0 Å². The number of nitrogens with zero attached hydrogens (tertiary/aromatic N) is 1. The van der Waals surface area contributed by atoms with Gasteiger partial charge in [-0.1, -0.05) is 0 Å². The molecule has 0 aliphatic carbocycles.